The first-order chi connectivity index (χ1) is 15.9. The summed E-state index contributed by atoms with van der Waals surface area (Å²) in [6.45, 7) is 4.08. The van der Waals surface area contributed by atoms with E-state index in [0.717, 1.165) is 42.8 Å². The molecule has 3 aromatic rings. The molecule has 1 N–H and O–H groups in total. The van der Waals surface area contributed by atoms with Crippen molar-refractivity contribution >= 4 is 11.7 Å². The highest BCUT2D eigenvalue weighted by atomic mass is 19.1. The van der Waals surface area contributed by atoms with Gasteiger partial charge in [-0.15, -0.1) is 0 Å². The maximum atomic E-state index is 13.4. The number of nitrogens with zero attached hydrogens (tertiary/aromatic N) is 6. The number of nitriles is 1. The van der Waals surface area contributed by atoms with E-state index in [-0.39, 0.29) is 12.1 Å². The lowest BCUT2D eigenvalue weighted by Gasteiger charge is -2.62. The Balaban J connectivity index is 1.43. The minimum absolute atomic E-state index is 0.110. The highest BCUT2D eigenvalue weighted by Gasteiger charge is 2.60. The van der Waals surface area contributed by atoms with Gasteiger partial charge in [0.1, 0.15) is 11.6 Å². The molecule has 0 aliphatic carbocycles. The second-order valence-electron chi connectivity index (χ2n) is 8.90. The minimum atomic E-state index is -0.575. The molecule has 2 bridgehead atoms. The predicted octanol–water partition coefficient (Wildman–Crippen LogP) is 4.18. The largest absolute Gasteiger partial charge is 0.322 e. The first kappa shape index (κ1) is 20.9. The van der Waals surface area contributed by atoms with Crippen molar-refractivity contribution in [2.75, 3.05) is 5.32 Å². The van der Waals surface area contributed by atoms with Crippen LogP contribution in [0.2, 0.25) is 0 Å². The average molecular weight is 443 g/mol. The lowest BCUT2D eigenvalue weighted by molar-refractivity contribution is -0.100. The summed E-state index contributed by atoms with van der Waals surface area (Å²) in [6, 6.07) is 7.41. The topological polar surface area (TPSA) is 108 Å². The summed E-state index contributed by atoms with van der Waals surface area (Å²) in [4.78, 5) is 32.2. The number of aromatic nitrogens is 4. The lowest BCUT2D eigenvalue weighted by Crippen LogP contribution is -2.70. The standard InChI is InChI=1S/C24H22FN7O/c1-14-5-19-8-24(7-14,22-29-10-16(9-26)11-30-22)32(19)23(33)31-18-4-3-15(2)20(6-18)21-27-12-17(25)13-28-21/h3-4,6,10-14,19H,5,7-8H2,1-2H3,(H,31,33)/t14-,19-,24+/m1/s1. The maximum Gasteiger partial charge on any atom is 0.322 e. The minimum Gasteiger partial charge on any atom is -0.308 e. The number of urea groups is 1. The van der Waals surface area contributed by atoms with Crippen molar-refractivity contribution in [2.45, 2.75) is 44.7 Å². The third-order valence-corrected chi connectivity index (χ3v) is 6.53. The Hall–Kier alpha value is -3.93. The molecule has 8 nitrogen and oxygen atoms in total. The van der Waals surface area contributed by atoms with Crippen molar-refractivity contribution in [2.24, 2.45) is 5.92 Å². The molecule has 9 heteroatoms. The van der Waals surface area contributed by atoms with Gasteiger partial charge in [-0.1, -0.05) is 13.0 Å². The number of carbonyl (C=O) groups is 1. The number of rotatable bonds is 3. The van der Waals surface area contributed by atoms with E-state index in [0.29, 0.717) is 28.8 Å². The molecule has 33 heavy (non-hydrogen) atoms. The van der Waals surface area contributed by atoms with Crippen LogP contribution in [0.4, 0.5) is 14.9 Å². The number of piperidine rings is 1. The molecule has 2 saturated heterocycles. The van der Waals surface area contributed by atoms with Crippen molar-refractivity contribution in [1.82, 2.24) is 24.8 Å². The van der Waals surface area contributed by atoms with Gasteiger partial charge in [-0.2, -0.15) is 5.26 Å². The Morgan fingerprint density at radius 3 is 2.61 bits per heavy atom. The van der Waals surface area contributed by atoms with Gasteiger partial charge >= 0.3 is 6.03 Å². The van der Waals surface area contributed by atoms with Crippen molar-refractivity contribution < 1.29 is 9.18 Å². The van der Waals surface area contributed by atoms with Crippen LogP contribution in [-0.4, -0.2) is 36.9 Å². The van der Waals surface area contributed by atoms with Gasteiger partial charge in [-0.3, -0.25) is 0 Å². The van der Waals surface area contributed by atoms with Crippen LogP contribution in [0.5, 0.6) is 0 Å². The SMILES string of the molecule is Cc1ccc(NC(=O)N2[C@@H]3C[C@@H](C)C[C@@]2(c2ncc(C#N)cn2)C3)cc1-c1ncc(F)cn1. The Morgan fingerprint density at radius 2 is 1.91 bits per heavy atom. The van der Waals surface area contributed by atoms with Gasteiger partial charge in [-0.05, 0) is 49.8 Å². The van der Waals surface area contributed by atoms with E-state index in [4.69, 9.17) is 5.26 Å². The highest BCUT2D eigenvalue weighted by molar-refractivity contribution is 5.92. The summed E-state index contributed by atoms with van der Waals surface area (Å²) in [5.74, 6) is 0.897. The molecule has 2 fully saturated rings. The first-order valence-electron chi connectivity index (χ1n) is 10.8. The monoisotopic (exact) mass is 443 g/mol. The molecule has 2 aliphatic heterocycles. The normalized spacial score (nSPS) is 23.4. The van der Waals surface area contributed by atoms with Gasteiger partial charge in [0, 0.05) is 29.7 Å². The number of nitrogens with one attached hydrogen (secondary N) is 1. The van der Waals surface area contributed by atoms with Gasteiger partial charge in [-0.25, -0.2) is 29.1 Å². The third-order valence-electron chi connectivity index (χ3n) is 6.53. The summed E-state index contributed by atoms with van der Waals surface area (Å²) in [7, 11) is 0. The molecule has 0 radical (unpaired) electrons. The Bertz CT molecular complexity index is 1260. The van der Waals surface area contributed by atoms with Crippen LogP contribution >= 0.6 is 0 Å². The Morgan fingerprint density at radius 1 is 1.18 bits per heavy atom. The molecule has 2 amide bonds. The molecule has 0 spiro atoms. The number of carbonyl (C=O) groups excluding carboxylic acids is 1. The van der Waals surface area contributed by atoms with Crippen molar-refractivity contribution in [1.29, 1.82) is 5.26 Å². The summed E-state index contributed by atoms with van der Waals surface area (Å²) in [6.07, 6.45) is 7.76. The van der Waals surface area contributed by atoms with Gasteiger partial charge in [0.2, 0.25) is 0 Å². The van der Waals surface area contributed by atoms with Crippen LogP contribution in [-0.2, 0) is 5.54 Å². The van der Waals surface area contributed by atoms with Crippen LogP contribution in [0.3, 0.4) is 0 Å². The van der Waals surface area contributed by atoms with Crippen molar-refractivity contribution in [3.8, 4) is 17.5 Å². The van der Waals surface area contributed by atoms with E-state index >= 15 is 0 Å². The van der Waals surface area contributed by atoms with Gasteiger partial charge < -0.3 is 10.2 Å². The number of halogens is 1. The molecule has 0 saturated carbocycles. The fourth-order valence-corrected chi connectivity index (χ4v) is 5.16. The quantitative estimate of drug-likeness (QED) is 0.651. The highest BCUT2D eigenvalue weighted by Crippen LogP contribution is 2.55. The number of hydrogen-bond acceptors (Lipinski definition) is 6. The number of benzene rings is 1. The number of anilines is 1. The van der Waals surface area contributed by atoms with Gasteiger partial charge in [0.05, 0.1) is 18.0 Å². The summed E-state index contributed by atoms with van der Waals surface area (Å²) in [5.41, 5.74) is 2.05. The number of hydrogen-bond donors (Lipinski definition) is 1. The van der Waals surface area contributed by atoms with Crippen molar-refractivity contribution in [3.63, 3.8) is 0 Å². The van der Waals surface area contributed by atoms with E-state index in [2.05, 4.69) is 32.2 Å². The third kappa shape index (κ3) is 3.57. The number of fused-ring (bicyclic) bond motifs is 2. The molecule has 166 valence electrons. The van der Waals surface area contributed by atoms with Crippen LogP contribution in [0.15, 0.2) is 43.0 Å². The molecule has 2 aromatic heterocycles. The lowest BCUT2D eigenvalue weighted by atomic mass is 9.64. The Labute approximate surface area is 190 Å². The molecule has 4 heterocycles. The summed E-state index contributed by atoms with van der Waals surface area (Å²) >= 11 is 0. The van der Waals surface area contributed by atoms with E-state index < -0.39 is 11.4 Å². The second kappa shape index (κ2) is 7.89. The Kier molecular flexibility index (Phi) is 5.01. The zero-order valence-electron chi connectivity index (χ0n) is 18.3. The summed E-state index contributed by atoms with van der Waals surface area (Å²) < 4.78 is 13.2. The number of amides is 2. The van der Waals surface area contributed by atoms with Crippen LogP contribution in [0, 0.1) is 30.0 Å². The zero-order chi connectivity index (χ0) is 23.2. The van der Waals surface area contributed by atoms with E-state index in [9.17, 15) is 9.18 Å². The molecule has 1 aromatic carbocycles. The molecular weight excluding hydrogens is 421 g/mol. The van der Waals surface area contributed by atoms with Gasteiger partial charge in [0.25, 0.3) is 0 Å². The van der Waals surface area contributed by atoms with E-state index in [1.54, 1.807) is 6.07 Å². The molecule has 5 rings (SSSR count). The number of aryl methyl sites for hydroxylation is 1. The second-order valence-corrected chi connectivity index (χ2v) is 8.90. The smallest absolute Gasteiger partial charge is 0.308 e. The molecular formula is C24H22FN7O. The maximum absolute atomic E-state index is 13.4. The van der Waals surface area contributed by atoms with Crippen LogP contribution in [0.25, 0.3) is 11.4 Å². The van der Waals surface area contributed by atoms with E-state index in [1.165, 1.54) is 12.4 Å². The zero-order valence-corrected chi connectivity index (χ0v) is 18.3. The average Bonchev–Trinajstić information content (AvgIpc) is 2.80. The first-order valence-corrected chi connectivity index (χ1v) is 10.8. The molecule has 3 atom stereocenters. The van der Waals surface area contributed by atoms with Gasteiger partial charge in [0.15, 0.2) is 17.5 Å². The fourth-order valence-electron chi connectivity index (χ4n) is 5.16. The predicted molar refractivity (Wildman–Crippen MR) is 118 cm³/mol. The van der Waals surface area contributed by atoms with Crippen LogP contribution < -0.4 is 5.32 Å². The molecule has 0 unspecified atom stereocenters. The van der Waals surface area contributed by atoms with E-state index in [1.807, 2.05) is 30.0 Å². The van der Waals surface area contributed by atoms with Crippen LogP contribution in [0.1, 0.15) is 43.1 Å². The summed E-state index contributed by atoms with van der Waals surface area (Å²) in [5, 5.41) is 12.1. The fraction of sp³-hybridized carbons (Fsp3) is 0.333. The molecule has 2 aliphatic rings. The van der Waals surface area contributed by atoms with Crippen molar-refractivity contribution in [3.05, 3.63) is 65.8 Å².